The zero-order valence-corrected chi connectivity index (χ0v) is 17.1. The molecular formula is C18H24N4O5S. The number of nitro groups is 1. The maximum atomic E-state index is 12.8. The smallest absolute Gasteiger partial charge is 0.274 e. The predicted molar refractivity (Wildman–Crippen MR) is 104 cm³/mol. The van der Waals surface area contributed by atoms with Crippen LogP contribution in [0.15, 0.2) is 41.4 Å². The van der Waals surface area contributed by atoms with Crippen LogP contribution in [0.5, 0.6) is 0 Å². The summed E-state index contributed by atoms with van der Waals surface area (Å²) in [6.07, 6.45) is 1.40. The number of rotatable bonds is 8. The van der Waals surface area contributed by atoms with E-state index < -0.39 is 20.9 Å². The molecule has 0 fully saturated rings. The number of carbonyl (C=O) groups excluding carboxylic acids is 1. The number of para-hydroxylation sites is 1. The van der Waals surface area contributed by atoms with E-state index in [0.717, 1.165) is 0 Å². The van der Waals surface area contributed by atoms with Gasteiger partial charge in [0, 0.05) is 45.0 Å². The molecule has 1 aromatic heterocycles. The van der Waals surface area contributed by atoms with Gasteiger partial charge in [0.15, 0.2) is 0 Å². The molecule has 9 nitrogen and oxygen atoms in total. The van der Waals surface area contributed by atoms with Gasteiger partial charge in [-0.05, 0) is 6.07 Å². The first-order chi connectivity index (χ1) is 13.1. The van der Waals surface area contributed by atoms with Crippen molar-refractivity contribution >= 4 is 21.6 Å². The van der Waals surface area contributed by atoms with Crippen LogP contribution >= 0.6 is 0 Å². The Bertz CT molecular complexity index is 980. The Hall–Kier alpha value is -2.72. The van der Waals surface area contributed by atoms with Gasteiger partial charge >= 0.3 is 0 Å². The molecule has 0 radical (unpaired) electrons. The molecule has 0 bridgehead atoms. The lowest BCUT2D eigenvalue weighted by atomic mass is 10.1. The first-order valence-corrected chi connectivity index (χ1v) is 10.2. The van der Waals surface area contributed by atoms with Gasteiger partial charge in [-0.25, -0.2) is 8.42 Å². The normalized spacial score (nSPS) is 11.6. The molecule has 2 aromatic rings. The lowest BCUT2D eigenvalue weighted by Gasteiger charge is -2.18. The number of benzene rings is 1. The van der Waals surface area contributed by atoms with E-state index in [1.165, 1.54) is 39.1 Å². The van der Waals surface area contributed by atoms with E-state index in [1.54, 1.807) is 39.1 Å². The Morgan fingerprint density at radius 2 is 1.82 bits per heavy atom. The van der Waals surface area contributed by atoms with Crippen LogP contribution in [0.1, 0.15) is 29.9 Å². The molecule has 0 N–H and O–H groups in total. The van der Waals surface area contributed by atoms with Crippen LogP contribution in [0, 0.1) is 10.1 Å². The molecule has 0 aliphatic heterocycles. The van der Waals surface area contributed by atoms with Crippen molar-refractivity contribution in [3.05, 3.63) is 57.9 Å². The molecule has 1 amide bonds. The van der Waals surface area contributed by atoms with Gasteiger partial charge in [0.05, 0.1) is 11.5 Å². The molecule has 28 heavy (non-hydrogen) atoms. The molecule has 10 heteroatoms. The van der Waals surface area contributed by atoms with Crippen LogP contribution < -0.4 is 0 Å². The topological polar surface area (TPSA) is 106 Å². The maximum Gasteiger partial charge on any atom is 0.274 e. The highest BCUT2D eigenvalue weighted by atomic mass is 32.2. The van der Waals surface area contributed by atoms with Crippen molar-refractivity contribution in [3.8, 4) is 0 Å². The average Bonchev–Trinajstić information content (AvgIpc) is 3.04. The van der Waals surface area contributed by atoms with Crippen molar-refractivity contribution in [3.63, 3.8) is 0 Å². The first kappa shape index (κ1) is 21.6. The van der Waals surface area contributed by atoms with E-state index in [2.05, 4.69) is 0 Å². The van der Waals surface area contributed by atoms with Gasteiger partial charge in [-0.2, -0.15) is 4.31 Å². The number of amides is 1. The molecular weight excluding hydrogens is 384 g/mol. The molecule has 2 rings (SSSR count). The van der Waals surface area contributed by atoms with Crippen LogP contribution in [-0.2, 0) is 23.6 Å². The maximum absolute atomic E-state index is 12.8. The second-order valence-electron chi connectivity index (χ2n) is 6.31. The minimum Gasteiger partial charge on any atom is -0.345 e. The zero-order valence-electron chi connectivity index (χ0n) is 16.3. The van der Waals surface area contributed by atoms with E-state index in [4.69, 9.17) is 0 Å². The highest BCUT2D eigenvalue weighted by Crippen LogP contribution is 2.22. The monoisotopic (exact) mass is 408 g/mol. The Balaban J connectivity index is 2.30. The fourth-order valence-electron chi connectivity index (χ4n) is 2.95. The minimum absolute atomic E-state index is 0.0271. The Kier molecular flexibility index (Phi) is 6.57. The summed E-state index contributed by atoms with van der Waals surface area (Å²) < 4.78 is 28.1. The minimum atomic E-state index is -3.69. The molecule has 0 aliphatic rings. The summed E-state index contributed by atoms with van der Waals surface area (Å²) in [4.78, 5) is 24.9. The summed E-state index contributed by atoms with van der Waals surface area (Å²) in [6, 6.07) is 7.53. The van der Waals surface area contributed by atoms with Crippen LogP contribution in [0.4, 0.5) is 5.69 Å². The van der Waals surface area contributed by atoms with Crippen molar-refractivity contribution in [2.24, 2.45) is 7.05 Å². The van der Waals surface area contributed by atoms with E-state index in [1.807, 2.05) is 0 Å². The number of nitro benzene ring substituents is 1. The summed E-state index contributed by atoms with van der Waals surface area (Å²) >= 11 is 0. The van der Waals surface area contributed by atoms with E-state index >= 15 is 0 Å². The van der Waals surface area contributed by atoms with Gasteiger partial charge in [0.25, 0.3) is 11.6 Å². The third kappa shape index (κ3) is 4.23. The second-order valence-corrected chi connectivity index (χ2v) is 8.25. The van der Waals surface area contributed by atoms with Gasteiger partial charge in [-0.1, -0.05) is 32.0 Å². The lowest BCUT2D eigenvalue weighted by Crippen LogP contribution is -2.30. The van der Waals surface area contributed by atoms with Gasteiger partial charge in [-0.3, -0.25) is 14.9 Å². The van der Waals surface area contributed by atoms with Crippen molar-refractivity contribution < 1.29 is 18.1 Å². The van der Waals surface area contributed by atoms with Gasteiger partial charge < -0.3 is 9.47 Å². The third-order valence-electron chi connectivity index (χ3n) is 4.48. The molecule has 0 saturated heterocycles. The molecule has 1 heterocycles. The largest absolute Gasteiger partial charge is 0.345 e. The molecule has 0 saturated carbocycles. The Labute approximate surface area is 164 Å². The lowest BCUT2D eigenvalue weighted by molar-refractivity contribution is -0.385. The van der Waals surface area contributed by atoms with Gasteiger partial charge in [0.2, 0.25) is 10.0 Å². The van der Waals surface area contributed by atoms with Crippen LogP contribution in [0.25, 0.3) is 0 Å². The molecule has 0 atom stereocenters. The highest BCUT2D eigenvalue weighted by molar-refractivity contribution is 7.89. The fraction of sp³-hybridized carbons (Fsp3) is 0.389. The molecule has 152 valence electrons. The number of aromatic nitrogens is 1. The zero-order chi connectivity index (χ0) is 21.1. The summed E-state index contributed by atoms with van der Waals surface area (Å²) in [6.45, 7) is 4.18. The van der Waals surface area contributed by atoms with Gasteiger partial charge in [-0.15, -0.1) is 0 Å². The molecule has 0 aliphatic carbocycles. The number of carbonyl (C=O) groups is 1. The summed E-state index contributed by atoms with van der Waals surface area (Å²) in [5.74, 6) is -0.429. The van der Waals surface area contributed by atoms with Crippen LogP contribution in [0.2, 0.25) is 0 Å². The number of hydrogen-bond donors (Lipinski definition) is 0. The SMILES string of the molecule is CCN(CC)S(=O)(=O)c1cc(C(=O)N(C)Cc2ccccc2[N+](=O)[O-])n(C)c1. The quantitative estimate of drug-likeness (QED) is 0.492. The summed E-state index contributed by atoms with van der Waals surface area (Å²) in [5.41, 5.74) is 0.513. The first-order valence-electron chi connectivity index (χ1n) is 8.77. The van der Waals surface area contributed by atoms with Crippen molar-refractivity contribution in [1.29, 1.82) is 0 Å². The number of nitrogens with zero attached hydrogens (tertiary/aromatic N) is 4. The Morgan fingerprint density at radius 1 is 1.21 bits per heavy atom. The molecule has 0 unspecified atom stereocenters. The molecule has 0 spiro atoms. The van der Waals surface area contributed by atoms with E-state index in [9.17, 15) is 23.3 Å². The van der Waals surface area contributed by atoms with Crippen molar-refractivity contribution in [2.75, 3.05) is 20.1 Å². The van der Waals surface area contributed by atoms with Crippen molar-refractivity contribution in [1.82, 2.24) is 13.8 Å². The van der Waals surface area contributed by atoms with Crippen LogP contribution in [0.3, 0.4) is 0 Å². The summed E-state index contributed by atoms with van der Waals surface area (Å²) in [7, 11) is -0.577. The Morgan fingerprint density at radius 3 is 2.39 bits per heavy atom. The number of hydrogen-bond acceptors (Lipinski definition) is 5. The van der Waals surface area contributed by atoms with Gasteiger partial charge in [0.1, 0.15) is 10.6 Å². The van der Waals surface area contributed by atoms with E-state index in [0.29, 0.717) is 18.7 Å². The fourth-order valence-corrected chi connectivity index (χ4v) is 4.48. The van der Waals surface area contributed by atoms with E-state index in [-0.39, 0.29) is 22.8 Å². The van der Waals surface area contributed by atoms with Crippen molar-refractivity contribution in [2.45, 2.75) is 25.3 Å². The number of sulfonamides is 1. The predicted octanol–water partition coefficient (Wildman–Crippen LogP) is 2.24. The van der Waals surface area contributed by atoms with Crippen LogP contribution in [-0.4, -0.2) is 53.2 Å². The second kappa shape index (κ2) is 8.53. The molecule has 1 aromatic carbocycles. The highest BCUT2D eigenvalue weighted by Gasteiger charge is 2.27. The summed E-state index contributed by atoms with van der Waals surface area (Å²) in [5, 5.41) is 11.2. The standard InChI is InChI=1S/C18H24N4O5S/c1-5-21(6-2)28(26,27)15-11-17(19(3)13-15)18(23)20(4)12-14-9-7-8-10-16(14)22(24)25/h7-11,13H,5-6,12H2,1-4H3. The third-order valence-corrected chi connectivity index (χ3v) is 6.50. The number of aryl methyl sites for hydroxylation is 1. The average molecular weight is 408 g/mol.